The highest BCUT2D eigenvalue weighted by atomic mass is 16.5. The molecule has 2 aromatic carbocycles. The number of ether oxygens (including phenoxy) is 1. The van der Waals surface area contributed by atoms with E-state index in [2.05, 4.69) is 23.0 Å². The van der Waals surface area contributed by atoms with Crippen LogP contribution in [0.2, 0.25) is 0 Å². The van der Waals surface area contributed by atoms with Crippen LogP contribution in [0.1, 0.15) is 46.3 Å². The number of para-hydroxylation sites is 1. The molecule has 2 N–H and O–H groups in total. The molecule has 0 aliphatic carbocycles. The van der Waals surface area contributed by atoms with Crippen LogP contribution in [0.4, 0.5) is 0 Å². The molecule has 0 spiro atoms. The lowest BCUT2D eigenvalue weighted by atomic mass is 10.0. The number of hydrogen-bond acceptors (Lipinski definition) is 6. The number of hydrogen-bond donors (Lipinski definition) is 2. The Bertz CT molecular complexity index is 1120. The van der Waals surface area contributed by atoms with Crippen molar-refractivity contribution in [1.29, 1.82) is 0 Å². The molecule has 0 bridgehead atoms. The zero-order chi connectivity index (χ0) is 24.1. The second-order valence-corrected chi connectivity index (χ2v) is 8.96. The molecule has 1 saturated heterocycles. The van der Waals surface area contributed by atoms with Gasteiger partial charge < -0.3 is 24.7 Å². The minimum Gasteiger partial charge on any atom is -0.496 e. The Hall–Kier alpha value is -3.00. The maximum absolute atomic E-state index is 13.7. The summed E-state index contributed by atoms with van der Waals surface area (Å²) in [6, 6.07) is 13.8. The van der Waals surface area contributed by atoms with E-state index in [9.17, 15) is 15.0 Å². The van der Waals surface area contributed by atoms with Gasteiger partial charge in [0.25, 0.3) is 5.91 Å². The van der Waals surface area contributed by atoms with Crippen molar-refractivity contribution in [3.05, 3.63) is 70.9 Å². The van der Waals surface area contributed by atoms with Gasteiger partial charge in [-0.25, -0.2) is 0 Å². The van der Waals surface area contributed by atoms with Gasteiger partial charge in [0, 0.05) is 41.8 Å². The number of pyridine rings is 1. The number of amides is 1. The van der Waals surface area contributed by atoms with Gasteiger partial charge in [0.15, 0.2) is 0 Å². The average Bonchev–Trinajstić information content (AvgIpc) is 3.29. The van der Waals surface area contributed by atoms with Crippen molar-refractivity contribution in [1.82, 2.24) is 14.8 Å². The number of fused-ring (bicyclic) bond motifs is 1. The molecule has 1 fully saturated rings. The minimum atomic E-state index is -0.283. The van der Waals surface area contributed by atoms with Crippen molar-refractivity contribution in [3.8, 4) is 5.75 Å². The Labute approximate surface area is 200 Å². The maximum atomic E-state index is 13.7. The number of nitrogens with zero attached hydrogens (tertiary/aromatic N) is 3. The molecule has 2 heterocycles. The quantitative estimate of drug-likeness (QED) is 0.506. The van der Waals surface area contributed by atoms with Gasteiger partial charge in [-0.15, -0.1) is 0 Å². The van der Waals surface area contributed by atoms with Crippen molar-refractivity contribution >= 4 is 16.8 Å². The van der Waals surface area contributed by atoms with E-state index in [-0.39, 0.29) is 19.1 Å². The molecule has 4 rings (SSSR count). The minimum absolute atomic E-state index is 0.133. The number of likely N-dealkylation sites (tertiary alicyclic amines) is 1. The predicted molar refractivity (Wildman–Crippen MR) is 132 cm³/mol. The number of aromatic nitrogens is 1. The van der Waals surface area contributed by atoms with Crippen LogP contribution in [0.15, 0.2) is 48.7 Å². The van der Waals surface area contributed by atoms with Crippen molar-refractivity contribution in [2.75, 3.05) is 27.2 Å². The van der Waals surface area contributed by atoms with Crippen LogP contribution in [0.3, 0.4) is 0 Å². The Morgan fingerprint density at radius 1 is 1.21 bits per heavy atom. The van der Waals surface area contributed by atoms with Gasteiger partial charge in [0.05, 0.1) is 25.8 Å². The number of aliphatic hydroxyl groups is 2. The molecular weight excluding hydrogens is 430 g/mol. The van der Waals surface area contributed by atoms with Crippen molar-refractivity contribution in [2.24, 2.45) is 0 Å². The first-order valence-electron chi connectivity index (χ1n) is 11.8. The lowest BCUT2D eigenvalue weighted by Crippen LogP contribution is -2.35. The normalized spacial score (nSPS) is 16.2. The van der Waals surface area contributed by atoms with E-state index in [4.69, 9.17) is 4.74 Å². The van der Waals surface area contributed by atoms with Crippen LogP contribution in [0.25, 0.3) is 10.9 Å². The SMILES string of the molecule is COc1cc(C(=O)N(CCC2CCCN2C)Cc2cnc3ccccc3c2)cc(CO)c1CO. The van der Waals surface area contributed by atoms with Crippen LogP contribution in [-0.2, 0) is 19.8 Å². The Kier molecular flexibility index (Phi) is 7.77. The number of rotatable bonds is 9. The van der Waals surface area contributed by atoms with Crippen LogP contribution in [0.5, 0.6) is 5.75 Å². The molecule has 1 unspecified atom stereocenters. The van der Waals surface area contributed by atoms with Gasteiger partial charge in [0.2, 0.25) is 0 Å². The van der Waals surface area contributed by atoms with Crippen LogP contribution in [0, 0.1) is 0 Å². The second kappa shape index (κ2) is 11.0. The topological polar surface area (TPSA) is 86.1 Å². The highest BCUT2D eigenvalue weighted by Crippen LogP contribution is 2.27. The summed E-state index contributed by atoms with van der Waals surface area (Å²) in [4.78, 5) is 22.5. The van der Waals surface area contributed by atoms with Gasteiger partial charge in [-0.3, -0.25) is 9.78 Å². The molecule has 3 aromatic rings. The molecule has 0 radical (unpaired) electrons. The average molecular weight is 464 g/mol. The molecule has 34 heavy (non-hydrogen) atoms. The molecule has 0 saturated carbocycles. The fourth-order valence-electron chi connectivity index (χ4n) is 4.84. The van der Waals surface area contributed by atoms with E-state index in [1.54, 1.807) is 12.1 Å². The van der Waals surface area contributed by atoms with Crippen LogP contribution < -0.4 is 4.74 Å². The Morgan fingerprint density at radius 2 is 2.03 bits per heavy atom. The van der Waals surface area contributed by atoms with Gasteiger partial charge in [-0.05, 0) is 68.2 Å². The first-order chi connectivity index (χ1) is 16.5. The van der Waals surface area contributed by atoms with E-state index in [1.807, 2.05) is 35.4 Å². The van der Waals surface area contributed by atoms with E-state index in [0.717, 1.165) is 35.9 Å². The van der Waals surface area contributed by atoms with Crippen LogP contribution >= 0.6 is 0 Å². The maximum Gasteiger partial charge on any atom is 0.254 e. The summed E-state index contributed by atoms with van der Waals surface area (Å²) in [6.45, 7) is 1.58. The fraction of sp³-hybridized carbons (Fsp3) is 0.407. The largest absolute Gasteiger partial charge is 0.496 e. The monoisotopic (exact) mass is 463 g/mol. The third-order valence-corrected chi connectivity index (χ3v) is 6.81. The van der Waals surface area contributed by atoms with Gasteiger partial charge in [0.1, 0.15) is 5.75 Å². The summed E-state index contributed by atoms with van der Waals surface area (Å²) in [5, 5.41) is 20.6. The van der Waals surface area contributed by atoms with Gasteiger partial charge in [-0.2, -0.15) is 0 Å². The smallest absolute Gasteiger partial charge is 0.254 e. The number of aliphatic hydroxyl groups excluding tert-OH is 2. The third kappa shape index (κ3) is 5.22. The molecule has 1 aliphatic heterocycles. The summed E-state index contributed by atoms with van der Waals surface area (Å²) in [6.07, 6.45) is 5.05. The summed E-state index contributed by atoms with van der Waals surface area (Å²) in [5.74, 6) is 0.270. The second-order valence-electron chi connectivity index (χ2n) is 8.96. The number of benzene rings is 2. The lowest BCUT2D eigenvalue weighted by Gasteiger charge is -2.27. The van der Waals surface area contributed by atoms with Crippen molar-refractivity contribution in [3.63, 3.8) is 0 Å². The third-order valence-electron chi connectivity index (χ3n) is 6.81. The number of methoxy groups -OCH3 is 1. The zero-order valence-electron chi connectivity index (χ0n) is 19.9. The number of carbonyl (C=O) groups is 1. The molecule has 1 aromatic heterocycles. The van der Waals surface area contributed by atoms with E-state index < -0.39 is 0 Å². The molecule has 1 aliphatic rings. The Morgan fingerprint density at radius 3 is 2.74 bits per heavy atom. The molecular formula is C27H33N3O4. The predicted octanol–water partition coefficient (Wildman–Crippen LogP) is 3.35. The summed E-state index contributed by atoms with van der Waals surface area (Å²) >= 11 is 0. The summed E-state index contributed by atoms with van der Waals surface area (Å²) in [7, 11) is 3.64. The molecule has 1 atom stereocenters. The first-order valence-corrected chi connectivity index (χ1v) is 11.8. The van der Waals surface area contributed by atoms with E-state index >= 15 is 0 Å². The van der Waals surface area contributed by atoms with E-state index in [1.165, 1.54) is 13.5 Å². The summed E-state index contributed by atoms with van der Waals surface area (Å²) in [5.41, 5.74) is 3.32. The standard InChI is InChI=1S/C27H33N3O4/c1-29-10-5-7-23(29)9-11-30(16-19-12-20-6-3-4-8-25(20)28-15-19)27(33)21-13-22(17-31)24(18-32)26(14-21)34-2/h3-4,6,8,12-15,23,31-32H,5,7,9-11,16-18H2,1-2H3. The van der Waals surface area contributed by atoms with E-state index in [0.29, 0.717) is 41.6 Å². The van der Waals surface area contributed by atoms with Crippen LogP contribution in [-0.4, -0.2) is 64.2 Å². The molecule has 1 amide bonds. The summed E-state index contributed by atoms with van der Waals surface area (Å²) < 4.78 is 5.41. The zero-order valence-corrected chi connectivity index (χ0v) is 19.9. The lowest BCUT2D eigenvalue weighted by molar-refractivity contribution is 0.0728. The molecule has 7 nitrogen and oxygen atoms in total. The first kappa shape index (κ1) is 24.1. The van der Waals surface area contributed by atoms with Crippen molar-refractivity contribution < 1.29 is 19.7 Å². The van der Waals surface area contributed by atoms with Gasteiger partial charge in [-0.1, -0.05) is 18.2 Å². The number of carbonyl (C=O) groups excluding carboxylic acids is 1. The fourth-order valence-corrected chi connectivity index (χ4v) is 4.84. The molecule has 7 heteroatoms. The Balaban J connectivity index is 1.64. The van der Waals surface area contributed by atoms with Crippen molar-refractivity contribution in [2.45, 2.75) is 45.1 Å². The molecule has 180 valence electrons. The highest BCUT2D eigenvalue weighted by molar-refractivity contribution is 5.95. The van der Waals surface area contributed by atoms with Gasteiger partial charge >= 0.3 is 0 Å². The highest BCUT2D eigenvalue weighted by Gasteiger charge is 2.25.